The molecule has 4 N–H and O–H groups in total. The normalized spacial score (nSPS) is 26.7. The zero-order chi connectivity index (χ0) is 17.1. The van der Waals surface area contributed by atoms with Gasteiger partial charge in [-0.1, -0.05) is 65.2 Å². The maximum atomic E-state index is 9.92. The molecule has 5 unspecified atom stereocenters. The van der Waals surface area contributed by atoms with Gasteiger partial charge >= 0.3 is 0 Å². The first-order valence-corrected chi connectivity index (χ1v) is 9.81. The molecule has 1 saturated heterocycles. The van der Waals surface area contributed by atoms with Crippen LogP contribution in [0.25, 0.3) is 0 Å². The highest BCUT2D eigenvalue weighted by atomic mass is 16.3. The number of hydrogen-bond donors (Lipinski definition) is 4. The van der Waals surface area contributed by atoms with E-state index in [2.05, 4.69) is 19.2 Å². The van der Waals surface area contributed by atoms with Crippen molar-refractivity contribution >= 4 is 0 Å². The number of rotatable bonds is 14. The third-order valence-corrected chi connectivity index (χ3v) is 5.37. The number of hydrogen-bond acceptors (Lipinski definition) is 4. The third kappa shape index (κ3) is 8.48. The largest absolute Gasteiger partial charge is 0.395 e. The molecule has 1 aliphatic heterocycles. The molecule has 5 atom stereocenters. The molecule has 0 saturated carbocycles. The Morgan fingerprint density at radius 2 is 1.57 bits per heavy atom. The Morgan fingerprint density at radius 1 is 0.957 bits per heavy atom. The Hall–Kier alpha value is -0.160. The van der Waals surface area contributed by atoms with Crippen LogP contribution in [0.1, 0.15) is 84.5 Å². The van der Waals surface area contributed by atoms with Crippen molar-refractivity contribution in [1.82, 2.24) is 5.32 Å². The van der Waals surface area contributed by atoms with E-state index in [4.69, 9.17) is 5.11 Å². The zero-order valence-corrected chi connectivity index (χ0v) is 15.2. The highest BCUT2D eigenvalue weighted by Crippen LogP contribution is 2.19. The summed E-state index contributed by atoms with van der Waals surface area (Å²) in [6.07, 6.45) is 12.2. The fourth-order valence-corrected chi connectivity index (χ4v) is 3.43. The van der Waals surface area contributed by atoms with Gasteiger partial charge in [0.2, 0.25) is 0 Å². The molecule has 0 aromatic carbocycles. The first kappa shape index (κ1) is 20.9. The Kier molecular flexibility index (Phi) is 11.1. The SMILES string of the molecule is CCC(C)CC(O)CCCCCCCCCC1NC(CO)C1O. The molecule has 0 bridgehead atoms. The smallest absolute Gasteiger partial charge is 0.0868 e. The lowest BCUT2D eigenvalue weighted by atomic mass is 9.89. The Bertz CT molecular complexity index is 288. The maximum Gasteiger partial charge on any atom is 0.0868 e. The molecule has 4 nitrogen and oxygen atoms in total. The summed E-state index contributed by atoms with van der Waals surface area (Å²) >= 11 is 0. The predicted molar refractivity (Wildman–Crippen MR) is 95.4 cm³/mol. The van der Waals surface area contributed by atoms with Gasteiger partial charge in [0, 0.05) is 6.04 Å². The summed E-state index contributed by atoms with van der Waals surface area (Å²) in [7, 11) is 0. The molecule has 1 fully saturated rings. The average Bonchev–Trinajstić information content (AvgIpc) is 2.54. The van der Waals surface area contributed by atoms with Crippen LogP contribution in [0, 0.1) is 5.92 Å². The van der Waals surface area contributed by atoms with Crippen LogP contribution in [-0.4, -0.2) is 46.2 Å². The Labute approximate surface area is 142 Å². The van der Waals surface area contributed by atoms with Crippen molar-refractivity contribution in [3.05, 3.63) is 0 Å². The molecule has 23 heavy (non-hydrogen) atoms. The fourth-order valence-electron chi connectivity index (χ4n) is 3.43. The second-order valence-corrected chi connectivity index (χ2v) is 7.51. The van der Waals surface area contributed by atoms with Gasteiger partial charge in [-0.05, 0) is 25.2 Å². The van der Waals surface area contributed by atoms with E-state index in [1.165, 1.54) is 32.1 Å². The highest BCUT2D eigenvalue weighted by molar-refractivity contribution is 4.97. The molecule has 0 aromatic rings. The highest BCUT2D eigenvalue weighted by Gasteiger charge is 2.37. The lowest BCUT2D eigenvalue weighted by molar-refractivity contribution is -0.0192. The molecule has 1 aliphatic rings. The Morgan fingerprint density at radius 3 is 2.13 bits per heavy atom. The van der Waals surface area contributed by atoms with E-state index in [1.807, 2.05) is 0 Å². The van der Waals surface area contributed by atoms with Gasteiger partial charge in [-0.3, -0.25) is 0 Å². The summed E-state index contributed by atoms with van der Waals surface area (Å²) in [5.74, 6) is 0.640. The van der Waals surface area contributed by atoms with Crippen molar-refractivity contribution in [3.63, 3.8) is 0 Å². The van der Waals surface area contributed by atoms with E-state index in [0.717, 1.165) is 38.5 Å². The van der Waals surface area contributed by atoms with Crippen LogP contribution in [-0.2, 0) is 0 Å². The van der Waals surface area contributed by atoms with E-state index in [-0.39, 0.29) is 30.9 Å². The van der Waals surface area contributed by atoms with Gasteiger partial charge < -0.3 is 20.6 Å². The minimum absolute atomic E-state index is 0.0315. The molecule has 0 spiro atoms. The number of nitrogens with one attached hydrogen (secondary N) is 1. The van der Waals surface area contributed by atoms with Gasteiger partial charge in [0.05, 0.1) is 24.9 Å². The summed E-state index contributed by atoms with van der Waals surface area (Å²) in [5, 5.41) is 31.8. The fraction of sp³-hybridized carbons (Fsp3) is 1.00. The van der Waals surface area contributed by atoms with Crippen molar-refractivity contribution in [1.29, 1.82) is 0 Å². The van der Waals surface area contributed by atoms with E-state index in [9.17, 15) is 10.2 Å². The van der Waals surface area contributed by atoms with Crippen LogP contribution in [0.5, 0.6) is 0 Å². The quantitative estimate of drug-likeness (QED) is 0.370. The summed E-state index contributed by atoms with van der Waals surface area (Å²) in [6, 6.07) is 0.0924. The topological polar surface area (TPSA) is 72.7 Å². The second kappa shape index (κ2) is 12.2. The molecule has 0 amide bonds. The third-order valence-electron chi connectivity index (χ3n) is 5.37. The molecule has 1 rings (SSSR count). The van der Waals surface area contributed by atoms with Gasteiger partial charge in [0.1, 0.15) is 0 Å². The maximum absolute atomic E-state index is 9.92. The predicted octanol–water partition coefficient (Wildman–Crippen LogP) is 2.99. The molecule has 0 radical (unpaired) electrons. The summed E-state index contributed by atoms with van der Waals surface area (Å²) in [4.78, 5) is 0. The molecule has 1 heterocycles. The van der Waals surface area contributed by atoms with Crippen LogP contribution in [0.15, 0.2) is 0 Å². The van der Waals surface area contributed by atoms with E-state index < -0.39 is 0 Å². The van der Waals surface area contributed by atoms with Crippen LogP contribution in [0.4, 0.5) is 0 Å². The average molecular weight is 330 g/mol. The molecule has 138 valence electrons. The molecular weight excluding hydrogens is 290 g/mol. The van der Waals surface area contributed by atoms with Crippen molar-refractivity contribution in [2.75, 3.05) is 6.61 Å². The van der Waals surface area contributed by atoms with E-state index >= 15 is 0 Å². The van der Waals surface area contributed by atoms with Crippen molar-refractivity contribution in [2.24, 2.45) is 5.92 Å². The number of aliphatic hydroxyl groups is 3. The molecule has 0 aromatic heterocycles. The van der Waals surface area contributed by atoms with E-state index in [1.54, 1.807) is 0 Å². The first-order chi connectivity index (χ1) is 11.1. The van der Waals surface area contributed by atoms with Gasteiger partial charge in [0.15, 0.2) is 0 Å². The van der Waals surface area contributed by atoms with Gasteiger partial charge in [-0.25, -0.2) is 0 Å². The van der Waals surface area contributed by atoms with Crippen molar-refractivity contribution in [3.8, 4) is 0 Å². The summed E-state index contributed by atoms with van der Waals surface area (Å²) in [6.45, 7) is 4.43. The van der Waals surface area contributed by atoms with Crippen LogP contribution in [0.3, 0.4) is 0 Å². The monoisotopic (exact) mass is 329 g/mol. The lowest BCUT2D eigenvalue weighted by Gasteiger charge is -2.42. The van der Waals surface area contributed by atoms with Crippen LogP contribution < -0.4 is 5.32 Å². The minimum Gasteiger partial charge on any atom is -0.395 e. The van der Waals surface area contributed by atoms with Crippen molar-refractivity contribution < 1.29 is 15.3 Å². The number of unbranched alkanes of at least 4 members (excludes halogenated alkanes) is 6. The molecule has 4 heteroatoms. The van der Waals surface area contributed by atoms with Crippen molar-refractivity contribution in [2.45, 2.75) is 109 Å². The van der Waals surface area contributed by atoms with Gasteiger partial charge in [0.25, 0.3) is 0 Å². The number of aliphatic hydroxyl groups excluding tert-OH is 3. The minimum atomic E-state index is -0.359. The molecular formula is C19H39NO3. The zero-order valence-electron chi connectivity index (χ0n) is 15.2. The standard InChI is InChI=1S/C19H39NO3/c1-3-15(2)13-16(22)11-9-7-5-4-6-8-10-12-17-19(23)18(14-21)20-17/h15-23H,3-14H2,1-2H3. The summed E-state index contributed by atoms with van der Waals surface area (Å²) < 4.78 is 0. The molecule has 0 aliphatic carbocycles. The first-order valence-electron chi connectivity index (χ1n) is 9.81. The summed E-state index contributed by atoms with van der Waals surface area (Å²) in [5.41, 5.74) is 0. The van der Waals surface area contributed by atoms with Gasteiger partial charge in [-0.2, -0.15) is 0 Å². The van der Waals surface area contributed by atoms with Gasteiger partial charge in [-0.15, -0.1) is 0 Å². The Balaban J connectivity index is 1.82. The van der Waals surface area contributed by atoms with Crippen LogP contribution >= 0.6 is 0 Å². The van der Waals surface area contributed by atoms with Crippen LogP contribution in [0.2, 0.25) is 0 Å². The van der Waals surface area contributed by atoms with E-state index in [0.29, 0.717) is 5.92 Å². The second-order valence-electron chi connectivity index (χ2n) is 7.51. The lowest BCUT2D eigenvalue weighted by Crippen LogP contribution is -2.66.